The lowest BCUT2D eigenvalue weighted by atomic mass is 10.2. The minimum absolute atomic E-state index is 0.265. The Balaban J connectivity index is 2.13. The predicted molar refractivity (Wildman–Crippen MR) is 73.1 cm³/mol. The maximum atomic E-state index is 9.34. The minimum Gasteiger partial charge on any atom is -0.507 e. The van der Waals surface area contributed by atoms with Crippen molar-refractivity contribution in [2.24, 2.45) is 0 Å². The van der Waals surface area contributed by atoms with E-state index in [1.54, 1.807) is 6.07 Å². The Morgan fingerprint density at radius 1 is 1.41 bits per heavy atom. The topological polar surface area (TPSA) is 41.5 Å². The van der Waals surface area contributed by atoms with Gasteiger partial charge in [0.15, 0.2) is 0 Å². The van der Waals surface area contributed by atoms with Crippen LogP contribution in [-0.4, -0.2) is 24.9 Å². The van der Waals surface area contributed by atoms with Crippen molar-refractivity contribution >= 4 is 15.9 Å². The summed E-state index contributed by atoms with van der Waals surface area (Å²) in [5.74, 6) is 0.265. The molecule has 0 atom stereocenters. The Labute approximate surface area is 111 Å². The lowest BCUT2D eigenvalue weighted by Crippen LogP contribution is -2.19. The summed E-state index contributed by atoms with van der Waals surface area (Å²) in [7, 11) is 0. The molecule has 1 aromatic carbocycles. The van der Waals surface area contributed by atoms with E-state index in [0.29, 0.717) is 6.61 Å². The summed E-state index contributed by atoms with van der Waals surface area (Å²) in [6, 6.07) is 5.48. The number of aromatic hydroxyl groups is 1. The maximum Gasteiger partial charge on any atom is 0.129 e. The van der Waals surface area contributed by atoms with E-state index in [0.717, 1.165) is 36.2 Å². The molecule has 0 bridgehead atoms. The molecule has 0 heterocycles. The van der Waals surface area contributed by atoms with Gasteiger partial charge < -0.3 is 15.2 Å². The molecule has 0 spiro atoms. The summed E-state index contributed by atoms with van der Waals surface area (Å²) < 4.78 is 6.09. The number of hydrogen-bond acceptors (Lipinski definition) is 3. The summed E-state index contributed by atoms with van der Waals surface area (Å²) in [6.07, 6.45) is 2.74. The van der Waals surface area contributed by atoms with Crippen LogP contribution in [0.3, 0.4) is 0 Å². The average Bonchev–Trinajstić information content (AvgIpc) is 2.32. The zero-order valence-electron chi connectivity index (χ0n) is 9.79. The lowest BCUT2D eigenvalue weighted by Gasteiger charge is -2.06. The quantitative estimate of drug-likeness (QED) is 0.573. The van der Waals surface area contributed by atoms with Crippen molar-refractivity contribution in [1.29, 1.82) is 0 Å². The highest BCUT2D eigenvalue weighted by Crippen LogP contribution is 2.23. The first-order valence-electron chi connectivity index (χ1n) is 5.61. The van der Waals surface area contributed by atoms with Crippen LogP contribution < -0.4 is 5.32 Å². The molecule has 0 saturated carbocycles. The zero-order valence-corrected chi connectivity index (χ0v) is 11.4. The maximum absolute atomic E-state index is 9.34. The van der Waals surface area contributed by atoms with Crippen LogP contribution in [0.1, 0.15) is 12.0 Å². The van der Waals surface area contributed by atoms with Gasteiger partial charge >= 0.3 is 0 Å². The molecule has 0 radical (unpaired) electrons. The van der Waals surface area contributed by atoms with E-state index in [1.807, 2.05) is 18.2 Å². The molecule has 94 valence electrons. The van der Waals surface area contributed by atoms with Crippen molar-refractivity contribution in [2.45, 2.75) is 13.0 Å². The van der Waals surface area contributed by atoms with Crippen LogP contribution in [0.4, 0.5) is 0 Å². The molecule has 0 fully saturated rings. The van der Waals surface area contributed by atoms with Crippen LogP contribution in [0, 0.1) is 0 Å². The smallest absolute Gasteiger partial charge is 0.129 e. The van der Waals surface area contributed by atoms with Gasteiger partial charge in [-0.1, -0.05) is 12.1 Å². The number of phenolic OH excluding ortho intramolecular Hbond substituents is 1. The minimum atomic E-state index is 0.265. The summed E-state index contributed by atoms with van der Waals surface area (Å²) in [6.45, 7) is 6.65. The van der Waals surface area contributed by atoms with Crippen LogP contribution in [0.25, 0.3) is 0 Å². The van der Waals surface area contributed by atoms with Crippen molar-refractivity contribution in [3.05, 3.63) is 40.9 Å². The van der Waals surface area contributed by atoms with Crippen LogP contribution in [0.5, 0.6) is 5.75 Å². The van der Waals surface area contributed by atoms with Gasteiger partial charge in [-0.25, -0.2) is 0 Å². The van der Waals surface area contributed by atoms with Gasteiger partial charge in [-0.2, -0.15) is 0 Å². The van der Waals surface area contributed by atoms with Gasteiger partial charge in [-0.05, 0) is 40.0 Å². The molecule has 0 unspecified atom stereocenters. The highest BCUT2D eigenvalue weighted by Gasteiger charge is 1.98. The molecule has 3 nitrogen and oxygen atoms in total. The Bertz CT molecular complexity index is 355. The predicted octanol–water partition coefficient (Wildman–Crippen LogP) is 2.84. The first kappa shape index (κ1) is 14.2. The second-order valence-electron chi connectivity index (χ2n) is 3.65. The van der Waals surface area contributed by atoms with Gasteiger partial charge in [-0.3, -0.25) is 0 Å². The number of nitrogens with one attached hydrogen (secondary N) is 1. The SMILES string of the molecule is C=CCCOCCNCc1ccc(O)c(Br)c1. The number of hydrogen-bond donors (Lipinski definition) is 2. The van der Waals surface area contributed by atoms with Crippen molar-refractivity contribution in [1.82, 2.24) is 5.32 Å². The molecule has 0 saturated heterocycles. The summed E-state index contributed by atoms with van der Waals surface area (Å²) in [5, 5.41) is 12.6. The first-order chi connectivity index (χ1) is 8.24. The Kier molecular flexibility index (Phi) is 6.93. The van der Waals surface area contributed by atoms with Gasteiger partial charge in [0.05, 0.1) is 17.7 Å². The standard InChI is InChI=1S/C13H18BrNO2/c1-2-3-7-17-8-6-15-10-11-4-5-13(16)12(14)9-11/h2,4-5,9,15-16H,1,3,6-8,10H2. The lowest BCUT2D eigenvalue weighted by molar-refractivity contribution is 0.140. The Hall–Kier alpha value is -0.840. The van der Waals surface area contributed by atoms with E-state index < -0.39 is 0 Å². The van der Waals surface area contributed by atoms with Crippen LogP contribution in [0.15, 0.2) is 35.3 Å². The number of halogens is 1. The van der Waals surface area contributed by atoms with Crippen molar-refractivity contribution < 1.29 is 9.84 Å². The zero-order chi connectivity index (χ0) is 12.5. The highest BCUT2D eigenvalue weighted by atomic mass is 79.9. The summed E-state index contributed by atoms with van der Waals surface area (Å²) in [5.41, 5.74) is 1.13. The van der Waals surface area contributed by atoms with Crippen LogP contribution in [0.2, 0.25) is 0 Å². The van der Waals surface area contributed by atoms with Gasteiger partial charge in [-0.15, -0.1) is 6.58 Å². The van der Waals surface area contributed by atoms with Gasteiger partial charge in [0.25, 0.3) is 0 Å². The molecule has 1 rings (SSSR count). The molecule has 17 heavy (non-hydrogen) atoms. The van der Waals surface area contributed by atoms with Crippen LogP contribution >= 0.6 is 15.9 Å². The third-order valence-corrected chi connectivity index (χ3v) is 2.87. The second kappa shape index (κ2) is 8.28. The van der Waals surface area contributed by atoms with E-state index in [2.05, 4.69) is 27.8 Å². The Morgan fingerprint density at radius 2 is 2.24 bits per heavy atom. The molecule has 0 aromatic heterocycles. The Morgan fingerprint density at radius 3 is 2.94 bits per heavy atom. The highest BCUT2D eigenvalue weighted by molar-refractivity contribution is 9.10. The summed E-state index contributed by atoms with van der Waals surface area (Å²) >= 11 is 3.29. The normalized spacial score (nSPS) is 10.4. The van der Waals surface area contributed by atoms with E-state index in [4.69, 9.17) is 4.74 Å². The third-order valence-electron chi connectivity index (χ3n) is 2.23. The number of ether oxygens (including phenoxy) is 1. The van der Waals surface area contributed by atoms with E-state index in [1.165, 1.54) is 0 Å². The molecular weight excluding hydrogens is 282 g/mol. The third kappa shape index (κ3) is 5.86. The van der Waals surface area contributed by atoms with Gasteiger partial charge in [0, 0.05) is 13.1 Å². The first-order valence-corrected chi connectivity index (χ1v) is 6.40. The molecule has 1 aromatic rings. The fourth-order valence-corrected chi connectivity index (χ4v) is 1.73. The fraction of sp³-hybridized carbons (Fsp3) is 0.385. The molecular formula is C13H18BrNO2. The number of phenols is 1. The van der Waals surface area contributed by atoms with E-state index >= 15 is 0 Å². The van der Waals surface area contributed by atoms with Crippen molar-refractivity contribution in [3.63, 3.8) is 0 Å². The average molecular weight is 300 g/mol. The second-order valence-corrected chi connectivity index (χ2v) is 4.51. The fourth-order valence-electron chi connectivity index (χ4n) is 1.31. The van der Waals surface area contributed by atoms with Crippen LogP contribution in [-0.2, 0) is 11.3 Å². The molecule has 0 aliphatic carbocycles. The molecule has 0 aliphatic rings. The van der Waals surface area contributed by atoms with E-state index in [9.17, 15) is 5.11 Å². The molecule has 0 aliphatic heterocycles. The largest absolute Gasteiger partial charge is 0.507 e. The van der Waals surface area contributed by atoms with Gasteiger partial charge in [0.2, 0.25) is 0 Å². The number of benzene rings is 1. The molecule has 2 N–H and O–H groups in total. The monoisotopic (exact) mass is 299 g/mol. The molecule has 0 amide bonds. The van der Waals surface area contributed by atoms with Gasteiger partial charge in [0.1, 0.15) is 5.75 Å². The van der Waals surface area contributed by atoms with Crippen molar-refractivity contribution in [2.75, 3.05) is 19.8 Å². The van der Waals surface area contributed by atoms with Crippen molar-refractivity contribution in [3.8, 4) is 5.75 Å². The number of rotatable bonds is 8. The van der Waals surface area contributed by atoms with E-state index in [-0.39, 0.29) is 5.75 Å². The molecule has 4 heteroatoms. The summed E-state index contributed by atoms with van der Waals surface area (Å²) in [4.78, 5) is 0.